The molecule has 0 amide bonds. The number of nitrogens with zero attached hydrogens (tertiary/aromatic N) is 4. The lowest BCUT2D eigenvalue weighted by Gasteiger charge is -2.08. The van der Waals surface area contributed by atoms with Gasteiger partial charge in [0, 0.05) is 5.69 Å². The average Bonchev–Trinajstić information content (AvgIpc) is 2.98. The smallest absolute Gasteiger partial charge is 0.196 e. The molecule has 0 fully saturated rings. The van der Waals surface area contributed by atoms with Crippen LogP contribution in [0.5, 0.6) is 0 Å². The summed E-state index contributed by atoms with van der Waals surface area (Å²) in [6.07, 6.45) is 0. The summed E-state index contributed by atoms with van der Waals surface area (Å²) in [4.78, 5) is 0. The number of nitrogens with one attached hydrogen (secondary N) is 1. The van der Waals surface area contributed by atoms with Gasteiger partial charge < -0.3 is 4.57 Å². The third-order valence-corrected chi connectivity index (χ3v) is 3.00. The van der Waals surface area contributed by atoms with Gasteiger partial charge in [0.05, 0.1) is 10.3 Å². The van der Waals surface area contributed by atoms with Crippen molar-refractivity contribution < 1.29 is 0 Å². The number of aromatic nitrogens is 5. The van der Waals surface area contributed by atoms with Crippen LogP contribution in [0.4, 0.5) is 0 Å². The monoisotopic (exact) mass is 288 g/mol. The first-order chi connectivity index (χ1) is 8.36. The van der Waals surface area contributed by atoms with Crippen LogP contribution >= 0.6 is 15.9 Å². The van der Waals surface area contributed by atoms with Gasteiger partial charge in [-0.3, -0.25) is 0 Å². The fourth-order valence-electron chi connectivity index (χ4n) is 1.65. The summed E-state index contributed by atoms with van der Waals surface area (Å²) in [5.41, 5.74) is 1.92. The molecule has 1 radical (unpaired) electrons. The molecule has 0 saturated heterocycles. The minimum Gasteiger partial charge on any atom is -0.301 e. The van der Waals surface area contributed by atoms with Crippen LogP contribution in [0.15, 0.2) is 41.0 Å². The molecule has 83 valence electrons. The van der Waals surface area contributed by atoms with Crippen LogP contribution in [-0.2, 0) is 0 Å². The van der Waals surface area contributed by atoms with Crippen molar-refractivity contribution in [2.24, 2.45) is 0 Å². The summed E-state index contributed by atoms with van der Waals surface area (Å²) in [6, 6.07) is 14.6. The fourth-order valence-corrected chi connectivity index (χ4v) is 2.18. The maximum absolute atomic E-state index is 3.92. The van der Waals surface area contributed by atoms with E-state index in [0.717, 1.165) is 16.0 Å². The highest BCUT2D eigenvalue weighted by Gasteiger charge is 2.12. The van der Waals surface area contributed by atoms with Gasteiger partial charge in [-0.05, 0) is 56.7 Å². The summed E-state index contributed by atoms with van der Waals surface area (Å²) in [5, 5.41) is 13.8. The van der Waals surface area contributed by atoms with E-state index in [-0.39, 0.29) is 0 Å². The van der Waals surface area contributed by atoms with E-state index in [1.54, 1.807) is 0 Å². The van der Waals surface area contributed by atoms with Crippen molar-refractivity contribution in [3.63, 3.8) is 0 Å². The van der Waals surface area contributed by atoms with E-state index in [0.29, 0.717) is 5.82 Å². The first-order valence-electron chi connectivity index (χ1n) is 4.94. The molecule has 0 aliphatic rings. The van der Waals surface area contributed by atoms with Crippen molar-refractivity contribution >= 4 is 15.9 Å². The van der Waals surface area contributed by atoms with E-state index in [9.17, 15) is 0 Å². The number of halogens is 1. The highest BCUT2D eigenvalue weighted by atomic mass is 79.9. The number of tetrazole rings is 1. The fraction of sp³-hybridized carbons (Fsp3) is 0. The number of hydrogen-bond donors (Lipinski definition) is 1. The highest BCUT2D eigenvalue weighted by molar-refractivity contribution is 9.10. The molecule has 2 heterocycles. The Morgan fingerprint density at radius 3 is 2.71 bits per heavy atom. The summed E-state index contributed by atoms with van der Waals surface area (Å²) in [5.74, 6) is 0.628. The van der Waals surface area contributed by atoms with Crippen LogP contribution in [0.3, 0.4) is 0 Å². The van der Waals surface area contributed by atoms with E-state index in [1.165, 1.54) is 0 Å². The molecule has 0 unspecified atom stereocenters. The van der Waals surface area contributed by atoms with E-state index >= 15 is 0 Å². The molecule has 3 rings (SSSR count). The molecule has 3 aromatic rings. The van der Waals surface area contributed by atoms with E-state index in [2.05, 4.69) is 42.6 Å². The van der Waals surface area contributed by atoms with E-state index in [1.807, 2.05) is 41.0 Å². The minimum atomic E-state index is 0.628. The van der Waals surface area contributed by atoms with Gasteiger partial charge >= 0.3 is 0 Å². The number of H-pyrrole nitrogens is 1. The zero-order valence-electron chi connectivity index (χ0n) is 8.63. The maximum Gasteiger partial charge on any atom is 0.196 e. The molecule has 1 N–H and O–H groups in total. The molecule has 0 saturated carbocycles. The topological polar surface area (TPSA) is 59.4 Å². The summed E-state index contributed by atoms with van der Waals surface area (Å²) < 4.78 is 2.95. The minimum absolute atomic E-state index is 0.628. The van der Waals surface area contributed by atoms with Crippen molar-refractivity contribution in [2.75, 3.05) is 0 Å². The zero-order valence-corrected chi connectivity index (χ0v) is 10.2. The largest absolute Gasteiger partial charge is 0.301 e. The summed E-state index contributed by atoms with van der Waals surface area (Å²) >= 11 is 3.51. The number of rotatable bonds is 2. The third-order valence-electron chi connectivity index (χ3n) is 2.38. The van der Waals surface area contributed by atoms with Crippen molar-refractivity contribution in [2.45, 2.75) is 0 Å². The molecule has 0 aliphatic carbocycles. The molecule has 0 atom stereocenters. The number of aromatic amines is 1. The zero-order chi connectivity index (χ0) is 11.7. The van der Waals surface area contributed by atoms with E-state index in [4.69, 9.17) is 0 Å². The van der Waals surface area contributed by atoms with Crippen molar-refractivity contribution in [1.82, 2.24) is 25.2 Å². The highest BCUT2D eigenvalue weighted by Crippen LogP contribution is 2.26. The lowest BCUT2D eigenvalue weighted by atomic mass is 10.3. The molecule has 2 aromatic heterocycles. The Balaban J connectivity index is 2.20. The second kappa shape index (κ2) is 4.14. The summed E-state index contributed by atoms with van der Waals surface area (Å²) in [7, 11) is 0. The Hall–Kier alpha value is -1.95. The first kappa shape index (κ1) is 10.2. The lowest BCUT2D eigenvalue weighted by Crippen LogP contribution is -1.97. The van der Waals surface area contributed by atoms with Crippen molar-refractivity contribution in [3.8, 4) is 17.2 Å². The first-order valence-corrected chi connectivity index (χ1v) is 5.73. The third kappa shape index (κ3) is 1.76. The Kier molecular flexibility index (Phi) is 2.49. The lowest BCUT2D eigenvalue weighted by molar-refractivity contribution is 0.881. The van der Waals surface area contributed by atoms with Crippen LogP contribution in [-0.4, -0.2) is 25.2 Å². The summed E-state index contributed by atoms with van der Waals surface area (Å²) in [6.45, 7) is 0. The Bertz CT molecular complexity index is 615. The Labute approximate surface area is 106 Å². The molecular formula is C11H7BrN5. The second-order valence-corrected chi connectivity index (χ2v) is 4.20. The van der Waals surface area contributed by atoms with Gasteiger partial charge in [-0.2, -0.15) is 0 Å². The van der Waals surface area contributed by atoms with Gasteiger partial charge in [0.15, 0.2) is 5.82 Å². The van der Waals surface area contributed by atoms with Crippen molar-refractivity contribution in [3.05, 3.63) is 47.1 Å². The molecule has 1 aromatic carbocycles. The molecule has 0 aliphatic heterocycles. The Morgan fingerprint density at radius 1 is 1.18 bits per heavy atom. The van der Waals surface area contributed by atoms with Gasteiger partial charge in [-0.25, -0.2) is 5.10 Å². The molecular weight excluding hydrogens is 282 g/mol. The van der Waals surface area contributed by atoms with Gasteiger partial charge in [-0.1, -0.05) is 12.1 Å². The predicted molar refractivity (Wildman–Crippen MR) is 65.5 cm³/mol. The normalized spacial score (nSPS) is 10.6. The molecule has 0 spiro atoms. The number of benzene rings is 1. The maximum atomic E-state index is 3.92. The molecule has 6 heteroatoms. The van der Waals surface area contributed by atoms with Gasteiger partial charge in [0.2, 0.25) is 0 Å². The van der Waals surface area contributed by atoms with Gasteiger partial charge in [0.1, 0.15) is 0 Å². The molecule has 17 heavy (non-hydrogen) atoms. The predicted octanol–water partition coefficient (Wildman–Crippen LogP) is 2.22. The van der Waals surface area contributed by atoms with Crippen LogP contribution in [0.1, 0.15) is 0 Å². The second-order valence-electron chi connectivity index (χ2n) is 3.38. The Morgan fingerprint density at radius 2 is 2.00 bits per heavy atom. The quantitative estimate of drug-likeness (QED) is 0.787. The molecule has 5 nitrogen and oxygen atoms in total. The SMILES string of the molecule is Brc1ccc(-c2nnn[nH]2)n1-c1cc[c]cc1. The van der Waals surface area contributed by atoms with Gasteiger partial charge in [0.25, 0.3) is 0 Å². The van der Waals surface area contributed by atoms with Gasteiger partial charge in [-0.15, -0.1) is 5.10 Å². The van der Waals surface area contributed by atoms with Crippen LogP contribution in [0, 0.1) is 6.07 Å². The molecule has 0 bridgehead atoms. The van der Waals surface area contributed by atoms with Crippen LogP contribution < -0.4 is 0 Å². The average molecular weight is 289 g/mol. The van der Waals surface area contributed by atoms with Crippen LogP contribution in [0.25, 0.3) is 17.2 Å². The van der Waals surface area contributed by atoms with Crippen LogP contribution in [0.2, 0.25) is 0 Å². The van der Waals surface area contributed by atoms with Crippen molar-refractivity contribution in [1.29, 1.82) is 0 Å². The standard InChI is InChI=1S/C11H7BrN5/c12-10-7-6-9(11-13-15-16-14-11)17(10)8-4-2-1-3-5-8/h2-7H,(H,13,14,15,16). The number of hydrogen-bond acceptors (Lipinski definition) is 3. The van der Waals surface area contributed by atoms with E-state index < -0.39 is 0 Å².